The van der Waals surface area contributed by atoms with Gasteiger partial charge in [-0.1, -0.05) is 37.3 Å². The molecule has 0 N–H and O–H groups in total. The molecule has 84 valence electrons. The molecule has 0 aromatic heterocycles. The van der Waals surface area contributed by atoms with E-state index in [0.29, 0.717) is 5.92 Å². The van der Waals surface area contributed by atoms with E-state index in [-0.39, 0.29) is 0 Å². The molecule has 1 aliphatic heterocycles. The molecule has 0 saturated heterocycles. The van der Waals surface area contributed by atoms with E-state index in [0.717, 1.165) is 28.9 Å². The lowest BCUT2D eigenvalue weighted by Gasteiger charge is -2.15. The van der Waals surface area contributed by atoms with E-state index >= 15 is 0 Å². The van der Waals surface area contributed by atoms with Crippen molar-refractivity contribution < 1.29 is 0 Å². The number of para-hydroxylation sites is 1. The smallest absolute Gasteiger partial charge is 0.0717 e. The van der Waals surface area contributed by atoms with Gasteiger partial charge in [-0.3, -0.25) is 9.98 Å². The van der Waals surface area contributed by atoms with Crippen molar-refractivity contribution in [3.05, 3.63) is 53.3 Å². The first-order valence-corrected chi connectivity index (χ1v) is 5.92. The van der Waals surface area contributed by atoms with E-state index in [9.17, 15) is 0 Å². The van der Waals surface area contributed by atoms with Gasteiger partial charge in [-0.2, -0.15) is 0 Å². The summed E-state index contributed by atoms with van der Waals surface area (Å²) in [5.41, 5.74) is 4.23. The highest BCUT2D eigenvalue weighted by Gasteiger charge is 2.12. The number of hydrogen-bond acceptors (Lipinski definition) is 2. The molecule has 2 nitrogen and oxygen atoms in total. The second-order valence-corrected chi connectivity index (χ2v) is 4.50. The minimum Gasteiger partial charge on any atom is -0.256 e. The fourth-order valence-electron chi connectivity index (χ4n) is 2.10. The predicted molar refractivity (Wildman–Crippen MR) is 72.1 cm³/mol. The van der Waals surface area contributed by atoms with Crippen LogP contribution in [0.3, 0.4) is 0 Å². The summed E-state index contributed by atoms with van der Waals surface area (Å²) >= 11 is 0. The Morgan fingerprint density at radius 1 is 1.12 bits per heavy atom. The van der Waals surface area contributed by atoms with Crippen molar-refractivity contribution in [2.75, 3.05) is 0 Å². The summed E-state index contributed by atoms with van der Waals surface area (Å²) in [5, 5.41) is 0. The summed E-state index contributed by atoms with van der Waals surface area (Å²) < 4.78 is 0. The highest BCUT2D eigenvalue weighted by Crippen LogP contribution is 2.26. The molecule has 2 heteroatoms. The van der Waals surface area contributed by atoms with Gasteiger partial charge in [0.05, 0.1) is 11.4 Å². The van der Waals surface area contributed by atoms with Crippen LogP contribution in [0.2, 0.25) is 0 Å². The summed E-state index contributed by atoms with van der Waals surface area (Å²) in [5.74, 6) is 0.574. The van der Waals surface area contributed by atoms with E-state index in [2.05, 4.69) is 29.1 Å². The van der Waals surface area contributed by atoms with Gasteiger partial charge in [0, 0.05) is 23.6 Å². The molecule has 1 atom stereocenters. The second-order valence-electron chi connectivity index (χ2n) is 4.50. The average Bonchev–Trinajstić information content (AvgIpc) is 2.33. The average molecular weight is 222 g/mol. The largest absolute Gasteiger partial charge is 0.256 e. The SMILES string of the molecule is CC1C=C2C=Nc3ccccc3C=NC2=CC1. The van der Waals surface area contributed by atoms with Gasteiger partial charge in [-0.05, 0) is 18.4 Å². The lowest BCUT2D eigenvalue weighted by Crippen LogP contribution is -2.03. The van der Waals surface area contributed by atoms with Crippen molar-refractivity contribution in [1.82, 2.24) is 0 Å². The van der Waals surface area contributed by atoms with Crippen LogP contribution in [0.5, 0.6) is 0 Å². The molecule has 3 rings (SSSR count). The molecule has 1 aliphatic carbocycles. The van der Waals surface area contributed by atoms with Crippen LogP contribution in [-0.2, 0) is 0 Å². The molecule has 2 aliphatic rings. The van der Waals surface area contributed by atoms with E-state index in [4.69, 9.17) is 0 Å². The molecule has 0 fully saturated rings. The molecule has 1 aromatic rings. The van der Waals surface area contributed by atoms with Crippen LogP contribution in [0.25, 0.3) is 0 Å². The number of allylic oxidation sites excluding steroid dienone is 3. The van der Waals surface area contributed by atoms with Gasteiger partial charge >= 0.3 is 0 Å². The maximum absolute atomic E-state index is 4.56. The number of rotatable bonds is 0. The summed E-state index contributed by atoms with van der Waals surface area (Å²) in [6, 6.07) is 8.06. The molecule has 0 spiro atoms. The van der Waals surface area contributed by atoms with Gasteiger partial charge in [0.2, 0.25) is 0 Å². The number of aliphatic imine (C=N–C) groups is 2. The zero-order valence-corrected chi connectivity index (χ0v) is 9.80. The van der Waals surface area contributed by atoms with Crippen molar-refractivity contribution in [3.63, 3.8) is 0 Å². The maximum Gasteiger partial charge on any atom is 0.0717 e. The van der Waals surface area contributed by atoms with Crippen molar-refractivity contribution in [2.24, 2.45) is 15.9 Å². The number of fused-ring (bicyclic) bond motifs is 2. The first-order valence-electron chi connectivity index (χ1n) is 5.92. The third kappa shape index (κ3) is 1.98. The Labute approximate surface area is 101 Å². The zero-order chi connectivity index (χ0) is 11.7. The van der Waals surface area contributed by atoms with Crippen molar-refractivity contribution in [3.8, 4) is 0 Å². The van der Waals surface area contributed by atoms with Crippen LogP contribution in [0.1, 0.15) is 18.9 Å². The van der Waals surface area contributed by atoms with Gasteiger partial charge in [-0.15, -0.1) is 0 Å². The third-order valence-corrected chi connectivity index (χ3v) is 3.07. The van der Waals surface area contributed by atoms with Crippen LogP contribution < -0.4 is 0 Å². The predicted octanol–water partition coefficient (Wildman–Crippen LogP) is 3.67. The Hall–Kier alpha value is -1.96. The van der Waals surface area contributed by atoms with Gasteiger partial charge in [0.15, 0.2) is 0 Å². The Morgan fingerprint density at radius 3 is 2.94 bits per heavy atom. The molecule has 17 heavy (non-hydrogen) atoms. The molecular weight excluding hydrogens is 208 g/mol. The molecule has 0 amide bonds. The third-order valence-electron chi connectivity index (χ3n) is 3.07. The van der Waals surface area contributed by atoms with Crippen LogP contribution in [0.15, 0.2) is 57.7 Å². The van der Waals surface area contributed by atoms with Crippen LogP contribution in [0, 0.1) is 5.92 Å². The standard InChI is InChI=1S/C15H14N2/c1-11-6-7-15-13(8-11)10-17-14-5-3-2-4-12(14)9-16-15/h2-5,7-11H,6H2,1H3. The topological polar surface area (TPSA) is 24.7 Å². The van der Waals surface area contributed by atoms with Crippen molar-refractivity contribution in [2.45, 2.75) is 13.3 Å². The van der Waals surface area contributed by atoms with Gasteiger partial charge < -0.3 is 0 Å². The molecule has 1 aromatic carbocycles. The molecular formula is C15H14N2. The Morgan fingerprint density at radius 2 is 2.00 bits per heavy atom. The van der Waals surface area contributed by atoms with Crippen LogP contribution in [-0.4, -0.2) is 12.4 Å². The fourth-order valence-corrected chi connectivity index (χ4v) is 2.10. The molecule has 0 bridgehead atoms. The Bertz CT molecular complexity index is 562. The fraction of sp³-hybridized carbons (Fsp3) is 0.200. The number of benzene rings is 1. The Balaban J connectivity index is 2.10. The molecule has 1 unspecified atom stereocenters. The van der Waals surface area contributed by atoms with Crippen molar-refractivity contribution in [1.29, 1.82) is 0 Å². The lowest BCUT2D eigenvalue weighted by atomic mass is 9.96. The minimum absolute atomic E-state index is 0.574. The molecule has 0 radical (unpaired) electrons. The first kappa shape index (κ1) is 10.2. The van der Waals surface area contributed by atoms with E-state index in [1.165, 1.54) is 0 Å². The number of hydrogen-bond donors (Lipinski definition) is 0. The lowest BCUT2D eigenvalue weighted by molar-refractivity contribution is 0.726. The molecule has 0 saturated carbocycles. The monoisotopic (exact) mass is 222 g/mol. The Kier molecular flexibility index (Phi) is 2.48. The first-order chi connectivity index (χ1) is 8.33. The summed E-state index contributed by atoms with van der Waals surface area (Å²) in [6.07, 6.45) is 9.32. The zero-order valence-electron chi connectivity index (χ0n) is 9.80. The minimum atomic E-state index is 0.574. The maximum atomic E-state index is 4.56. The van der Waals surface area contributed by atoms with E-state index < -0.39 is 0 Å². The highest BCUT2D eigenvalue weighted by atomic mass is 14.8. The van der Waals surface area contributed by atoms with Gasteiger partial charge in [-0.25, -0.2) is 0 Å². The van der Waals surface area contributed by atoms with Gasteiger partial charge in [0.25, 0.3) is 0 Å². The summed E-state index contributed by atoms with van der Waals surface area (Å²) in [6.45, 7) is 2.21. The van der Waals surface area contributed by atoms with Gasteiger partial charge in [0.1, 0.15) is 0 Å². The quantitative estimate of drug-likeness (QED) is 0.640. The van der Waals surface area contributed by atoms with Crippen LogP contribution in [0.4, 0.5) is 5.69 Å². The highest BCUT2D eigenvalue weighted by molar-refractivity contribution is 5.95. The van der Waals surface area contributed by atoms with E-state index in [1.54, 1.807) is 0 Å². The molecule has 1 heterocycles. The summed E-state index contributed by atoms with van der Waals surface area (Å²) in [7, 11) is 0. The second kappa shape index (κ2) is 4.13. The van der Waals surface area contributed by atoms with Crippen molar-refractivity contribution >= 4 is 18.1 Å². The summed E-state index contributed by atoms with van der Waals surface area (Å²) in [4.78, 5) is 9.10. The van der Waals surface area contributed by atoms with Crippen LogP contribution >= 0.6 is 0 Å². The van der Waals surface area contributed by atoms with E-state index in [1.807, 2.05) is 36.7 Å². The normalized spacial score (nSPS) is 21.8. The number of nitrogens with zero attached hydrogens (tertiary/aromatic N) is 2.